The number of carbonyl (C=O) groups is 11. The number of hydrogen-bond acceptors (Lipinski definition) is 16. The highest BCUT2D eigenvalue weighted by Gasteiger charge is 2.41. The number of hydrogen-bond donors (Lipinski definition) is 15. The van der Waals surface area contributed by atoms with Gasteiger partial charge in [0.15, 0.2) is 6.04 Å². The van der Waals surface area contributed by atoms with Gasteiger partial charge in [-0.05, 0) is 75.1 Å². The van der Waals surface area contributed by atoms with Crippen molar-refractivity contribution in [1.82, 2.24) is 42.1 Å². The number of carboxylic acid groups (broad SMARTS) is 1. The summed E-state index contributed by atoms with van der Waals surface area (Å²) in [6.07, 6.45) is -4.44. The lowest BCUT2D eigenvalue weighted by molar-refractivity contribution is -0.145. The first kappa shape index (κ1) is 63.5. The van der Waals surface area contributed by atoms with Crippen LogP contribution in [0.5, 0.6) is 5.75 Å². The first-order valence-electron chi connectivity index (χ1n) is 25.0. The molecule has 1 heterocycles. The van der Waals surface area contributed by atoms with Gasteiger partial charge in [-0.15, -0.1) is 0 Å². The molecule has 2 aromatic rings. The Morgan fingerprint density at radius 2 is 1.08 bits per heavy atom. The molecule has 3 rings (SSSR count). The summed E-state index contributed by atoms with van der Waals surface area (Å²) in [6, 6.07) is 0.0913. The Kier molecular flexibility index (Phi) is 25.3. The summed E-state index contributed by atoms with van der Waals surface area (Å²) in [6.45, 7) is 4.79. The second-order valence-electron chi connectivity index (χ2n) is 19.3. The first-order valence-corrected chi connectivity index (χ1v) is 25.0. The number of nitrogens with one attached hydrogen (secondary N) is 7. The molecule has 27 nitrogen and oxygen atoms in total. The number of aromatic hydroxyl groups is 1. The molecule has 0 spiro atoms. The Morgan fingerprint density at radius 1 is 0.597 bits per heavy atom. The van der Waals surface area contributed by atoms with Gasteiger partial charge in [-0.1, -0.05) is 56.3 Å². The Morgan fingerprint density at radius 3 is 1.62 bits per heavy atom. The predicted octanol–water partition coefficient (Wildman–Crippen LogP) is -4.70. The van der Waals surface area contributed by atoms with Crippen LogP contribution in [0.25, 0.3) is 0 Å². The van der Waals surface area contributed by atoms with E-state index in [2.05, 4.69) is 37.2 Å². The molecule has 1 fully saturated rings. The minimum atomic E-state index is -1.82. The molecular formula is C50H73N11O16. The number of carbonyl (C=O) groups excluding carboxylic acids is 10. The van der Waals surface area contributed by atoms with Gasteiger partial charge < -0.3 is 84.9 Å². The minimum absolute atomic E-state index is 0.00236. The van der Waals surface area contributed by atoms with Gasteiger partial charge in [-0.2, -0.15) is 0 Å². The lowest BCUT2D eigenvalue weighted by Crippen LogP contribution is -2.62. The van der Waals surface area contributed by atoms with Crippen LogP contribution in [0, 0.1) is 5.92 Å². The van der Waals surface area contributed by atoms with Crippen molar-refractivity contribution in [3.05, 3.63) is 65.7 Å². The third-order valence-electron chi connectivity index (χ3n) is 12.4. The predicted molar refractivity (Wildman–Crippen MR) is 273 cm³/mol. The number of nitrogens with zero attached hydrogens (tertiary/aromatic N) is 1. The van der Waals surface area contributed by atoms with Crippen molar-refractivity contribution in [1.29, 1.82) is 0 Å². The van der Waals surface area contributed by atoms with Crippen LogP contribution in [0.3, 0.4) is 0 Å². The summed E-state index contributed by atoms with van der Waals surface area (Å²) < 4.78 is 0. The fourth-order valence-electron chi connectivity index (χ4n) is 8.16. The minimum Gasteiger partial charge on any atom is -0.508 e. The number of nitrogens with two attached hydrogens (primary N) is 3. The fraction of sp³-hybridized carbons (Fsp3) is 0.540. The average molecular weight is 1080 g/mol. The number of amides is 10. The number of aliphatic hydroxyl groups is 3. The number of rotatable bonds is 31. The van der Waals surface area contributed by atoms with E-state index in [1.165, 1.54) is 29.2 Å². The largest absolute Gasteiger partial charge is 0.508 e. The quantitative estimate of drug-likeness (QED) is 0.0337. The number of aliphatic hydroxyl groups excluding tert-OH is 3. The van der Waals surface area contributed by atoms with E-state index in [-0.39, 0.29) is 63.2 Å². The first-order chi connectivity index (χ1) is 36.2. The average Bonchev–Trinajstić information content (AvgIpc) is 3.86. The topological polar surface area (TPSA) is 454 Å². The molecule has 0 aliphatic carbocycles. The van der Waals surface area contributed by atoms with Crippen LogP contribution in [0.4, 0.5) is 0 Å². The van der Waals surface area contributed by atoms with Crippen LogP contribution in [-0.2, 0) is 65.6 Å². The van der Waals surface area contributed by atoms with E-state index in [0.29, 0.717) is 17.5 Å². The summed E-state index contributed by atoms with van der Waals surface area (Å²) in [7, 11) is 0. The van der Waals surface area contributed by atoms with E-state index < -0.39 is 145 Å². The zero-order chi connectivity index (χ0) is 57.7. The van der Waals surface area contributed by atoms with Crippen molar-refractivity contribution in [2.24, 2.45) is 23.1 Å². The van der Waals surface area contributed by atoms with Crippen molar-refractivity contribution in [3.63, 3.8) is 0 Å². The van der Waals surface area contributed by atoms with Crippen LogP contribution < -0.4 is 54.4 Å². The van der Waals surface area contributed by atoms with Gasteiger partial charge in [0, 0.05) is 32.2 Å². The molecule has 11 atom stereocenters. The van der Waals surface area contributed by atoms with E-state index in [1.807, 2.05) is 0 Å². The normalized spacial score (nSPS) is 17.1. The Bertz CT molecular complexity index is 2390. The Hall–Kier alpha value is -7.75. The molecule has 1 aliphatic heterocycles. The molecule has 0 saturated carbocycles. The van der Waals surface area contributed by atoms with Gasteiger partial charge in [-0.25, -0.2) is 4.79 Å². The van der Waals surface area contributed by atoms with E-state index >= 15 is 0 Å². The molecule has 2 aromatic carbocycles. The third kappa shape index (κ3) is 20.7. The summed E-state index contributed by atoms with van der Waals surface area (Å²) in [5.74, 6) is -11.2. The second-order valence-corrected chi connectivity index (χ2v) is 19.3. The van der Waals surface area contributed by atoms with Crippen LogP contribution >= 0.6 is 0 Å². The lowest BCUT2D eigenvalue weighted by atomic mass is 10.0. The number of phenolic OH excluding ortho intramolecular Hbond substituents is 1. The molecule has 10 amide bonds. The summed E-state index contributed by atoms with van der Waals surface area (Å²) in [5, 5.41) is 67.5. The van der Waals surface area contributed by atoms with Crippen molar-refractivity contribution in [2.45, 2.75) is 152 Å². The highest BCUT2D eigenvalue weighted by Crippen LogP contribution is 2.22. The Labute approximate surface area is 444 Å². The van der Waals surface area contributed by atoms with Crippen molar-refractivity contribution in [3.8, 4) is 5.75 Å². The van der Waals surface area contributed by atoms with Gasteiger partial charge >= 0.3 is 5.97 Å². The maximum atomic E-state index is 14.4. The summed E-state index contributed by atoms with van der Waals surface area (Å²) in [4.78, 5) is 146. The number of primary amides is 2. The van der Waals surface area contributed by atoms with E-state index in [1.54, 1.807) is 44.2 Å². The number of phenols is 1. The zero-order valence-electron chi connectivity index (χ0n) is 43.3. The maximum absolute atomic E-state index is 14.4. The lowest BCUT2D eigenvalue weighted by Gasteiger charge is -2.31. The number of carboxylic acids is 1. The molecule has 0 unspecified atom stereocenters. The summed E-state index contributed by atoms with van der Waals surface area (Å²) >= 11 is 0. The van der Waals surface area contributed by atoms with E-state index in [4.69, 9.17) is 17.2 Å². The number of benzene rings is 2. The van der Waals surface area contributed by atoms with Gasteiger partial charge in [0.05, 0.1) is 24.9 Å². The highest BCUT2D eigenvalue weighted by atomic mass is 16.4. The van der Waals surface area contributed by atoms with Crippen LogP contribution in [0.2, 0.25) is 0 Å². The van der Waals surface area contributed by atoms with Gasteiger partial charge in [0.25, 0.3) is 0 Å². The molecule has 0 bridgehead atoms. The number of aliphatic carboxylic acids is 1. The molecule has 1 aliphatic rings. The SMILES string of the molecule is CC(C)C[C@H](NC(=O)[C@H](CO)NC(=O)[C@H](Cc1ccccc1)NC(=O)[C@@H](NC(=O)[C@H](CCC(N)=O)NC(=O)[C@@H](N)CCC(N)=O)[C@@H](C)O)C(=O)N1CCC[C@H]1C(=O)N[C@@H](Cc1ccc(O)cc1)C(=O)N[C@H](C(=O)O)[C@@H](C)O. The van der Waals surface area contributed by atoms with Crippen LogP contribution in [0.15, 0.2) is 54.6 Å². The molecule has 1 saturated heterocycles. The zero-order valence-corrected chi connectivity index (χ0v) is 43.3. The molecule has 18 N–H and O–H groups in total. The van der Waals surface area contributed by atoms with Crippen molar-refractivity contribution < 1.29 is 78.3 Å². The third-order valence-corrected chi connectivity index (χ3v) is 12.4. The molecule has 0 aromatic heterocycles. The van der Waals surface area contributed by atoms with E-state index in [0.717, 1.165) is 13.8 Å². The maximum Gasteiger partial charge on any atom is 0.328 e. The number of likely N-dealkylation sites (tertiary alicyclic amines) is 1. The highest BCUT2D eigenvalue weighted by molar-refractivity contribution is 5.98. The molecule has 77 heavy (non-hydrogen) atoms. The standard InChI is InChI=1S/C50H73N11O16/c1-25(2)21-35(49(75)61-20-8-11-37(61)47(73)55-34(23-29-12-14-30(65)15-13-29)45(71)60-41(27(4)64)50(76)77)57-46(72)36(24-62)58-44(70)33(22-28-9-6-5-7-10-28)56-48(74)40(26(3)63)59-43(69)32(17-19-39(53)67)54-42(68)31(51)16-18-38(52)66/h5-7,9-10,12-15,25-27,31-37,40-41,62-65H,8,11,16-24,51H2,1-4H3,(H2,52,66)(H2,53,67)(H,54,68)(H,55,73)(H,56,74)(H,57,72)(H,58,70)(H,59,69)(H,60,71)(H,76,77)/t26-,27-,31+,32+,33+,34+,35+,36+,37+,40+,41+/m1/s1. The van der Waals surface area contributed by atoms with Gasteiger partial charge in [0.1, 0.15) is 48.0 Å². The fourth-order valence-corrected chi connectivity index (χ4v) is 8.16. The van der Waals surface area contributed by atoms with Crippen LogP contribution in [0.1, 0.15) is 83.8 Å². The molecule has 0 radical (unpaired) electrons. The second kappa shape index (κ2) is 30.7. The summed E-state index contributed by atoms with van der Waals surface area (Å²) in [5.41, 5.74) is 17.2. The molecule has 27 heteroatoms. The molecular weight excluding hydrogens is 1010 g/mol. The monoisotopic (exact) mass is 1080 g/mol. The van der Waals surface area contributed by atoms with Crippen molar-refractivity contribution in [2.75, 3.05) is 13.2 Å². The van der Waals surface area contributed by atoms with Gasteiger partial charge in [0.2, 0.25) is 59.1 Å². The van der Waals surface area contributed by atoms with Crippen LogP contribution in [-0.4, -0.2) is 175 Å². The van der Waals surface area contributed by atoms with E-state index in [9.17, 15) is 78.3 Å². The Balaban J connectivity index is 1.85. The van der Waals surface area contributed by atoms with Crippen molar-refractivity contribution >= 4 is 65.0 Å². The van der Waals surface area contributed by atoms with Gasteiger partial charge in [-0.3, -0.25) is 47.9 Å². The molecule has 424 valence electrons. The smallest absolute Gasteiger partial charge is 0.328 e.